The lowest BCUT2D eigenvalue weighted by Gasteiger charge is -2.08. The minimum absolute atomic E-state index is 0.190. The molecule has 2 nitrogen and oxygen atoms in total. The van der Waals surface area contributed by atoms with Crippen molar-refractivity contribution in [1.82, 2.24) is 4.98 Å². The van der Waals surface area contributed by atoms with Gasteiger partial charge in [-0.1, -0.05) is 23.2 Å². The molecule has 1 heterocycles. The number of hydrogen-bond acceptors (Lipinski definition) is 2. The maximum Gasteiger partial charge on any atom is 0.280 e. The van der Waals surface area contributed by atoms with Crippen molar-refractivity contribution in [2.24, 2.45) is 0 Å². The van der Waals surface area contributed by atoms with E-state index in [1.807, 2.05) is 0 Å². The van der Waals surface area contributed by atoms with E-state index < -0.39 is 6.43 Å². The molecule has 0 bridgehead atoms. The van der Waals surface area contributed by atoms with E-state index in [0.717, 1.165) is 6.07 Å². The number of alkyl halides is 2. The SMILES string of the molecule is COc1cc2nc(C(F)F)cc(Cl)c2cc1Cl. The number of nitrogens with zero attached hydrogens (tertiary/aromatic N) is 1. The summed E-state index contributed by atoms with van der Waals surface area (Å²) < 4.78 is 30.1. The Kier molecular flexibility index (Phi) is 3.35. The number of methoxy groups -OCH3 is 1. The predicted molar refractivity (Wildman–Crippen MR) is 63.3 cm³/mol. The van der Waals surface area contributed by atoms with E-state index in [1.165, 1.54) is 13.2 Å². The predicted octanol–water partition coefficient (Wildman–Crippen LogP) is 4.49. The molecule has 0 aliphatic rings. The van der Waals surface area contributed by atoms with Crippen molar-refractivity contribution in [2.75, 3.05) is 7.11 Å². The zero-order valence-electron chi connectivity index (χ0n) is 8.68. The monoisotopic (exact) mass is 277 g/mol. The first-order valence-electron chi connectivity index (χ1n) is 4.64. The van der Waals surface area contributed by atoms with Gasteiger partial charge in [0.2, 0.25) is 0 Å². The second-order valence-corrected chi connectivity index (χ2v) is 4.15. The number of hydrogen-bond donors (Lipinski definition) is 0. The topological polar surface area (TPSA) is 22.1 Å². The molecule has 0 fully saturated rings. The minimum Gasteiger partial charge on any atom is -0.495 e. The van der Waals surface area contributed by atoms with E-state index in [-0.39, 0.29) is 10.7 Å². The average Bonchev–Trinajstić information content (AvgIpc) is 2.29. The summed E-state index contributed by atoms with van der Waals surface area (Å²) in [5.41, 5.74) is -0.0408. The van der Waals surface area contributed by atoms with E-state index in [0.29, 0.717) is 21.7 Å². The van der Waals surface area contributed by atoms with Gasteiger partial charge in [-0.25, -0.2) is 13.8 Å². The van der Waals surface area contributed by atoms with Crippen molar-refractivity contribution in [2.45, 2.75) is 6.43 Å². The molecule has 0 atom stereocenters. The maximum absolute atomic E-state index is 12.6. The number of pyridine rings is 1. The summed E-state index contributed by atoms with van der Waals surface area (Å²) in [5, 5.41) is 1.06. The molecule has 0 amide bonds. The van der Waals surface area contributed by atoms with E-state index in [4.69, 9.17) is 27.9 Å². The molecule has 6 heteroatoms. The van der Waals surface area contributed by atoms with E-state index in [2.05, 4.69) is 4.98 Å². The molecule has 1 aromatic heterocycles. The Morgan fingerprint density at radius 2 is 1.88 bits per heavy atom. The molecule has 90 valence electrons. The van der Waals surface area contributed by atoms with Gasteiger partial charge in [0.25, 0.3) is 6.43 Å². The lowest BCUT2D eigenvalue weighted by Crippen LogP contribution is -1.93. The van der Waals surface area contributed by atoms with E-state index in [9.17, 15) is 8.78 Å². The van der Waals surface area contributed by atoms with Crippen LogP contribution in [0.25, 0.3) is 10.9 Å². The summed E-state index contributed by atoms with van der Waals surface area (Å²) in [5.74, 6) is 0.370. The van der Waals surface area contributed by atoms with Gasteiger partial charge in [0.05, 0.1) is 22.7 Å². The van der Waals surface area contributed by atoms with Crippen LogP contribution < -0.4 is 4.74 Å². The molecule has 0 N–H and O–H groups in total. The summed E-state index contributed by atoms with van der Waals surface area (Å²) in [7, 11) is 1.44. The Morgan fingerprint density at radius 3 is 2.47 bits per heavy atom. The van der Waals surface area contributed by atoms with E-state index in [1.54, 1.807) is 6.07 Å². The summed E-state index contributed by atoms with van der Waals surface area (Å²) >= 11 is 11.8. The molecule has 0 saturated heterocycles. The number of benzene rings is 1. The summed E-state index contributed by atoms with van der Waals surface area (Å²) in [4.78, 5) is 3.81. The largest absolute Gasteiger partial charge is 0.495 e. The van der Waals surface area contributed by atoms with Crippen molar-refractivity contribution in [3.63, 3.8) is 0 Å². The summed E-state index contributed by atoms with van der Waals surface area (Å²) in [6.45, 7) is 0. The first-order chi connectivity index (χ1) is 8.02. The quantitative estimate of drug-likeness (QED) is 0.807. The van der Waals surface area contributed by atoms with Crippen LogP contribution in [0.3, 0.4) is 0 Å². The van der Waals surface area contributed by atoms with Crippen molar-refractivity contribution < 1.29 is 13.5 Å². The molecule has 0 unspecified atom stereocenters. The third-order valence-corrected chi connectivity index (χ3v) is 2.88. The van der Waals surface area contributed by atoms with Crippen LogP contribution in [0, 0.1) is 0 Å². The smallest absolute Gasteiger partial charge is 0.280 e. The molecule has 0 aliphatic heterocycles. The van der Waals surface area contributed by atoms with Crippen molar-refractivity contribution in [3.05, 3.63) is 33.9 Å². The minimum atomic E-state index is -2.67. The first-order valence-corrected chi connectivity index (χ1v) is 5.40. The fourth-order valence-corrected chi connectivity index (χ4v) is 1.98. The zero-order valence-corrected chi connectivity index (χ0v) is 10.2. The van der Waals surface area contributed by atoms with Crippen LogP contribution in [-0.4, -0.2) is 12.1 Å². The van der Waals surface area contributed by atoms with Gasteiger partial charge in [-0.3, -0.25) is 0 Å². The number of rotatable bonds is 2. The van der Waals surface area contributed by atoms with Gasteiger partial charge < -0.3 is 4.74 Å². The molecular formula is C11H7Cl2F2NO. The Labute approximate surface area is 106 Å². The number of halogens is 4. The molecule has 0 radical (unpaired) electrons. The second-order valence-electron chi connectivity index (χ2n) is 3.33. The van der Waals surface area contributed by atoms with Gasteiger partial charge in [-0.15, -0.1) is 0 Å². The highest BCUT2D eigenvalue weighted by atomic mass is 35.5. The number of ether oxygens (including phenoxy) is 1. The van der Waals surface area contributed by atoms with Gasteiger partial charge in [-0.05, 0) is 12.1 Å². The van der Waals surface area contributed by atoms with Gasteiger partial charge in [0, 0.05) is 11.5 Å². The molecule has 0 saturated carbocycles. The van der Waals surface area contributed by atoms with Crippen LogP contribution in [-0.2, 0) is 0 Å². The van der Waals surface area contributed by atoms with Crippen LogP contribution in [0.15, 0.2) is 18.2 Å². The Bertz CT molecular complexity index is 575. The summed E-state index contributed by atoms with van der Waals surface area (Å²) in [6, 6.07) is 4.16. The number of aromatic nitrogens is 1. The Balaban J connectivity index is 2.74. The van der Waals surface area contributed by atoms with Crippen molar-refractivity contribution in [1.29, 1.82) is 0 Å². The molecular weight excluding hydrogens is 271 g/mol. The van der Waals surface area contributed by atoms with Crippen LogP contribution in [0.5, 0.6) is 5.75 Å². The lowest BCUT2D eigenvalue weighted by atomic mass is 10.2. The number of fused-ring (bicyclic) bond motifs is 1. The average molecular weight is 278 g/mol. The first kappa shape index (κ1) is 12.3. The van der Waals surface area contributed by atoms with Crippen LogP contribution in [0.1, 0.15) is 12.1 Å². The molecule has 1 aromatic carbocycles. The summed E-state index contributed by atoms with van der Waals surface area (Å²) in [6.07, 6.45) is -2.67. The third-order valence-electron chi connectivity index (χ3n) is 2.28. The second kappa shape index (κ2) is 4.63. The van der Waals surface area contributed by atoms with Crippen LogP contribution in [0.4, 0.5) is 8.78 Å². The zero-order chi connectivity index (χ0) is 12.6. The third kappa shape index (κ3) is 2.28. The molecule has 17 heavy (non-hydrogen) atoms. The lowest BCUT2D eigenvalue weighted by molar-refractivity contribution is 0.146. The van der Waals surface area contributed by atoms with Crippen LogP contribution in [0.2, 0.25) is 10.0 Å². The van der Waals surface area contributed by atoms with Crippen molar-refractivity contribution >= 4 is 34.1 Å². The molecule has 0 spiro atoms. The highest BCUT2D eigenvalue weighted by Gasteiger charge is 2.14. The maximum atomic E-state index is 12.6. The van der Waals surface area contributed by atoms with E-state index >= 15 is 0 Å². The van der Waals surface area contributed by atoms with Crippen LogP contribution >= 0.6 is 23.2 Å². The Morgan fingerprint density at radius 1 is 1.18 bits per heavy atom. The highest BCUT2D eigenvalue weighted by Crippen LogP contribution is 2.34. The van der Waals surface area contributed by atoms with Gasteiger partial charge in [0.1, 0.15) is 11.4 Å². The standard InChI is InChI=1S/C11H7Cl2F2NO/c1-17-10-4-8-5(2-7(10)13)6(12)3-9(16-8)11(14)15/h2-4,11H,1H3. The molecule has 2 aromatic rings. The normalized spacial score (nSPS) is 11.2. The Hall–Kier alpha value is -1.13. The van der Waals surface area contributed by atoms with Gasteiger partial charge >= 0.3 is 0 Å². The van der Waals surface area contributed by atoms with Gasteiger partial charge in [-0.2, -0.15) is 0 Å². The highest BCUT2D eigenvalue weighted by molar-refractivity contribution is 6.37. The fourth-order valence-electron chi connectivity index (χ4n) is 1.47. The van der Waals surface area contributed by atoms with Crippen molar-refractivity contribution in [3.8, 4) is 5.75 Å². The molecule has 2 rings (SSSR count). The molecule has 0 aliphatic carbocycles. The fraction of sp³-hybridized carbons (Fsp3) is 0.182. The van der Waals surface area contributed by atoms with Gasteiger partial charge in [0.15, 0.2) is 0 Å².